The third-order valence-corrected chi connectivity index (χ3v) is 2.95. The third kappa shape index (κ3) is 1.62. The first-order chi connectivity index (χ1) is 6.68. The molecule has 1 atom stereocenters. The lowest BCUT2D eigenvalue weighted by Crippen LogP contribution is -2.37. The molecular formula is C10H11BrN2O. The fraction of sp³-hybridized carbons (Fsp3) is 0.300. The van der Waals surface area contributed by atoms with Crippen LogP contribution in [0.4, 0.5) is 5.69 Å². The van der Waals surface area contributed by atoms with Gasteiger partial charge in [-0.05, 0) is 35.0 Å². The standard InChI is InChI=1S/C10H11BrN2O/c1-7-6-10(14)12-13(7)9-5-3-2-4-8(9)11/h2-5,7H,6H2,1H3,(H,12,14). The molecule has 1 N–H and O–H groups in total. The van der Waals surface area contributed by atoms with Crippen LogP contribution >= 0.6 is 15.9 Å². The maximum atomic E-state index is 11.2. The first-order valence-electron chi connectivity index (χ1n) is 4.52. The minimum Gasteiger partial charge on any atom is -0.281 e. The van der Waals surface area contributed by atoms with Crippen molar-refractivity contribution in [3.8, 4) is 0 Å². The second-order valence-electron chi connectivity index (χ2n) is 3.41. The van der Waals surface area contributed by atoms with Gasteiger partial charge in [0, 0.05) is 4.47 Å². The summed E-state index contributed by atoms with van der Waals surface area (Å²) in [6, 6.07) is 8.06. The van der Waals surface area contributed by atoms with Crippen molar-refractivity contribution in [2.75, 3.05) is 5.01 Å². The Balaban J connectivity index is 2.32. The highest BCUT2D eigenvalue weighted by Gasteiger charge is 2.27. The molecule has 1 saturated heterocycles. The molecule has 1 aromatic carbocycles. The maximum absolute atomic E-state index is 11.2. The molecule has 2 rings (SSSR count). The number of nitrogens with zero attached hydrogens (tertiary/aromatic N) is 1. The number of nitrogens with one attached hydrogen (secondary N) is 1. The third-order valence-electron chi connectivity index (χ3n) is 2.28. The molecule has 0 spiro atoms. The van der Waals surface area contributed by atoms with Crippen LogP contribution in [0.5, 0.6) is 0 Å². The highest BCUT2D eigenvalue weighted by molar-refractivity contribution is 9.10. The molecule has 0 bridgehead atoms. The highest BCUT2D eigenvalue weighted by Crippen LogP contribution is 2.28. The molecule has 1 heterocycles. The van der Waals surface area contributed by atoms with Crippen LogP contribution in [0.15, 0.2) is 28.7 Å². The van der Waals surface area contributed by atoms with E-state index in [9.17, 15) is 4.79 Å². The molecule has 1 fully saturated rings. The van der Waals surface area contributed by atoms with Crippen LogP contribution in [0.25, 0.3) is 0 Å². The zero-order valence-corrected chi connectivity index (χ0v) is 9.41. The summed E-state index contributed by atoms with van der Waals surface area (Å²) in [7, 11) is 0. The number of rotatable bonds is 1. The summed E-state index contributed by atoms with van der Waals surface area (Å²) >= 11 is 3.46. The molecule has 0 radical (unpaired) electrons. The molecule has 74 valence electrons. The van der Waals surface area contributed by atoms with Crippen LogP contribution in [-0.4, -0.2) is 11.9 Å². The number of hydrogen-bond acceptors (Lipinski definition) is 2. The number of carbonyl (C=O) groups is 1. The summed E-state index contributed by atoms with van der Waals surface area (Å²) in [5.74, 6) is 0.0771. The number of carbonyl (C=O) groups excluding carboxylic acids is 1. The summed E-state index contributed by atoms with van der Waals surface area (Å²) in [5.41, 5.74) is 3.83. The number of para-hydroxylation sites is 1. The fourth-order valence-corrected chi connectivity index (χ4v) is 2.07. The van der Waals surface area contributed by atoms with Gasteiger partial charge in [0.05, 0.1) is 18.2 Å². The quantitative estimate of drug-likeness (QED) is 0.833. The summed E-state index contributed by atoms with van der Waals surface area (Å²) in [6.45, 7) is 2.03. The Morgan fingerprint density at radius 1 is 1.50 bits per heavy atom. The van der Waals surface area contributed by atoms with Crippen molar-refractivity contribution in [3.05, 3.63) is 28.7 Å². The predicted molar refractivity (Wildman–Crippen MR) is 58.8 cm³/mol. The van der Waals surface area contributed by atoms with E-state index in [1.807, 2.05) is 36.2 Å². The SMILES string of the molecule is CC1CC(=O)NN1c1ccccc1Br. The van der Waals surface area contributed by atoms with Crippen molar-refractivity contribution in [1.29, 1.82) is 0 Å². The summed E-state index contributed by atoms with van der Waals surface area (Å²) in [5, 5.41) is 1.90. The van der Waals surface area contributed by atoms with Crippen LogP contribution in [-0.2, 0) is 4.79 Å². The number of benzene rings is 1. The van der Waals surface area contributed by atoms with Gasteiger partial charge in [-0.3, -0.25) is 15.2 Å². The van der Waals surface area contributed by atoms with E-state index in [-0.39, 0.29) is 11.9 Å². The van der Waals surface area contributed by atoms with Crippen LogP contribution < -0.4 is 10.4 Å². The second kappa shape index (κ2) is 3.61. The van der Waals surface area contributed by atoms with Gasteiger partial charge in [-0.15, -0.1) is 0 Å². The van der Waals surface area contributed by atoms with E-state index >= 15 is 0 Å². The Morgan fingerprint density at radius 2 is 2.21 bits per heavy atom. The Labute approximate surface area is 91.2 Å². The van der Waals surface area contributed by atoms with E-state index in [1.165, 1.54) is 0 Å². The zero-order chi connectivity index (χ0) is 10.1. The minimum absolute atomic E-state index is 0.0771. The van der Waals surface area contributed by atoms with Crippen molar-refractivity contribution in [3.63, 3.8) is 0 Å². The summed E-state index contributed by atoms with van der Waals surface area (Å²) < 4.78 is 0.994. The van der Waals surface area contributed by atoms with E-state index in [0.717, 1.165) is 10.2 Å². The van der Waals surface area contributed by atoms with Gasteiger partial charge in [0.15, 0.2) is 0 Å². The Morgan fingerprint density at radius 3 is 2.79 bits per heavy atom. The molecule has 14 heavy (non-hydrogen) atoms. The van der Waals surface area contributed by atoms with Gasteiger partial charge in [-0.25, -0.2) is 0 Å². The van der Waals surface area contributed by atoms with Crippen molar-refractivity contribution >= 4 is 27.5 Å². The lowest BCUT2D eigenvalue weighted by molar-refractivity contribution is -0.119. The van der Waals surface area contributed by atoms with Crippen LogP contribution in [0, 0.1) is 0 Å². The largest absolute Gasteiger partial charge is 0.281 e. The van der Waals surface area contributed by atoms with Crippen LogP contribution in [0.3, 0.4) is 0 Å². The van der Waals surface area contributed by atoms with Gasteiger partial charge in [0.1, 0.15) is 0 Å². The van der Waals surface area contributed by atoms with Crippen LogP contribution in [0.2, 0.25) is 0 Å². The number of halogens is 1. The number of anilines is 1. The smallest absolute Gasteiger partial charge is 0.240 e. The lowest BCUT2D eigenvalue weighted by Gasteiger charge is -2.23. The molecule has 1 aliphatic heterocycles. The van der Waals surface area contributed by atoms with Crippen molar-refractivity contribution in [1.82, 2.24) is 5.43 Å². The predicted octanol–water partition coefficient (Wildman–Crippen LogP) is 2.08. The normalized spacial score (nSPS) is 21.1. The van der Waals surface area contributed by atoms with Gasteiger partial charge < -0.3 is 0 Å². The van der Waals surface area contributed by atoms with Gasteiger partial charge in [0.25, 0.3) is 0 Å². The van der Waals surface area contributed by atoms with Gasteiger partial charge in [-0.1, -0.05) is 12.1 Å². The minimum atomic E-state index is 0.0771. The first kappa shape index (κ1) is 9.52. The van der Waals surface area contributed by atoms with Gasteiger partial charge in [0.2, 0.25) is 5.91 Å². The molecule has 1 unspecified atom stereocenters. The molecule has 3 nitrogen and oxygen atoms in total. The fourth-order valence-electron chi connectivity index (χ4n) is 1.59. The van der Waals surface area contributed by atoms with Crippen molar-refractivity contribution in [2.24, 2.45) is 0 Å². The first-order valence-corrected chi connectivity index (χ1v) is 5.31. The molecule has 4 heteroatoms. The van der Waals surface area contributed by atoms with Gasteiger partial charge in [-0.2, -0.15) is 0 Å². The number of hydrazine groups is 1. The van der Waals surface area contributed by atoms with E-state index in [4.69, 9.17) is 0 Å². The Hall–Kier alpha value is -1.03. The average molecular weight is 255 g/mol. The molecule has 0 saturated carbocycles. The molecule has 1 amide bonds. The van der Waals surface area contributed by atoms with Crippen LogP contribution in [0.1, 0.15) is 13.3 Å². The highest BCUT2D eigenvalue weighted by atomic mass is 79.9. The molecule has 1 aromatic rings. The monoisotopic (exact) mass is 254 g/mol. The van der Waals surface area contributed by atoms with E-state index in [1.54, 1.807) is 0 Å². The Bertz CT molecular complexity index is 367. The number of amides is 1. The molecular weight excluding hydrogens is 244 g/mol. The Kier molecular flexibility index (Phi) is 2.46. The second-order valence-corrected chi connectivity index (χ2v) is 4.26. The topological polar surface area (TPSA) is 32.3 Å². The summed E-state index contributed by atoms with van der Waals surface area (Å²) in [4.78, 5) is 11.2. The summed E-state index contributed by atoms with van der Waals surface area (Å²) in [6.07, 6.45) is 0.557. The number of hydrogen-bond donors (Lipinski definition) is 1. The van der Waals surface area contributed by atoms with E-state index in [0.29, 0.717) is 6.42 Å². The van der Waals surface area contributed by atoms with Crippen molar-refractivity contribution in [2.45, 2.75) is 19.4 Å². The van der Waals surface area contributed by atoms with Crippen molar-refractivity contribution < 1.29 is 4.79 Å². The maximum Gasteiger partial charge on any atom is 0.240 e. The van der Waals surface area contributed by atoms with Gasteiger partial charge >= 0.3 is 0 Å². The van der Waals surface area contributed by atoms with E-state index in [2.05, 4.69) is 21.4 Å². The zero-order valence-electron chi connectivity index (χ0n) is 7.83. The average Bonchev–Trinajstić information content (AvgIpc) is 2.46. The molecule has 0 aliphatic carbocycles. The lowest BCUT2D eigenvalue weighted by atomic mass is 10.2. The molecule has 0 aromatic heterocycles. The molecule has 1 aliphatic rings. The van der Waals surface area contributed by atoms with E-state index < -0.39 is 0 Å².